The maximum absolute atomic E-state index is 12.1. The average Bonchev–Trinajstić information content (AvgIpc) is 3.01. The van der Waals surface area contributed by atoms with Gasteiger partial charge in [0.2, 0.25) is 5.09 Å². The molecule has 1 aromatic carbocycles. The van der Waals surface area contributed by atoms with Crippen LogP contribution in [0.5, 0.6) is 0 Å². The fraction of sp³-hybridized carbons (Fsp3) is 0.389. The van der Waals surface area contributed by atoms with E-state index in [4.69, 9.17) is 9.15 Å². The molecule has 0 spiro atoms. The number of rotatable bonds is 5. The van der Waals surface area contributed by atoms with E-state index in [2.05, 4.69) is 20.8 Å². The topological polar surface area (TPSA) is 76.8 Å². The molecule has 25 heavy (non-hydrogen) atoms. The van der Waals surface area contributed by atoms with Crippen LogP contribution in [0, 0.1) is 0 Å². The van der Waals surface area contributed by atoms with Gasteiger partial charge in [0.1, 0.15) is 12.4 Å². The highest BCUT2D eigenvalue weighted by Crippen LogP contribution is 2.22. The van der Waals surface area contributed by atoms with Crippen molar-refractivity contribution in [2.75, 3.05) is 14.1 Å². The van der Waals surface area contributed by atoms with Gasteiger partial charge in [-0.05, 0) is 35.2 Å². The van der Waals surface area contributed by atoms with Crippen molar-refractivity contribution in [1.29, 1.82) is 0 Å². The van der Waals surface area contributed by atoms with Crippen LogP contribution in [0.1, 0.15) is 42.5 Å². The molecule has 7 heteroatoms. The second-order valence-electron chi connectivity index (χ2n) is 6.91. The number of sulfonamides is 1. The van der Waals surface area contributed by atoms with Crippen molar-refractivity contribution in [1.82, 2.24) is 4.31 Å². The molecule has 1 heterocycles. The van der Waals surface area contributed by atoms with Gasteiger partial charge in [-0.15, -0.1) is 0 Å². The number of carbonyl (C=O) groups excluding carboxylic acids is 1. The Kier molecular flexibility index (Phi) is 5.39. The molecule has 0 saturated heterocycles. The predicted octanol–water partition coefficient (Wildman–Crippen LogP) is 3.18. The predicted molar refractivity (Wildman–Crippen MR) is 93.8 cm³/mol. The Balaban J connectivity index is 2.02. The number of ether oxygens (including phenoxy) is 1. The Morgan fingerprint density at radius 1 is 1.08 bits per heavy atom. The van der Waals surface area contributed by atoms with Gasteiger partial charge in [0, 0.05) is 14.1 Å². The van der Waals surface area contributed by atoms with Crippen LogP contribution in [0.4, 0.5) is 0 Å². The summed E-state index contributed by atoms with van der Waals surface area (Å²) in [4.78, 5) is 12.1. The highest BCUT2D eigenvalue weighted by Gasteiger charge is 2.22. The number of hydrogen-bond donors (Lipinski definition) is 0. The smallest absolute Gasteiger partial charge is 0.338 e. The summed E-state index contributed by atoms with van der Waals surface area (Å²) < 4.78 is 35.4. The number of hydrogen-bond acceptors (Lipinski definition) is 5. The minimum Gasteiger partial charge on any atom is -0.454 e. The summed E-state index contributed by atoms with van der Waals surface area (Å²) in [6, 6.07) is 10.0. The molecule has 2 rings (SSSR count). The molecule has 0 bridgehead atoms. The summed E-state index contributed by atoms with van der Waals surface area (Å²) in [7, 11) is -0.808. The summed E-state index contributed by atoms with van der Waals surface area (Å²) >= 11 is 0. The zero-order valence-corrected chi connectivity index (χ0v) is 15.9. The van der Waals surface area contributed by atoms with E-state index in [0.29, 0.717) is 5.56 Å². The monoisotopic (exact) mass is 365 g/mol. The van der Waals surface area contributed by atoms with Crippen LogP contribution in [0.2, 0.25) is 0 Å². The second kappa shape index (κ2) is 7.01. The van der Waals surface area contributed by atoms with E-state index in [-0.39, 0.29) is 22.9 Å². The molecule has 1 aromatic heterocycles. The second-order valence-corrected chi connectivity index (χ2v) is 8.99. The van der Waals surface area contributed by atoms with Gasteiger partial charge in [-0.2, -0.15) is 0 Å². The normalized spacial score (nSPS) is 12.4. The van der Waals surface area contributed by atoms with Crippen molar-refractivity contribution in [3.63, 3.8) is 0 Å². The van der Waals surface area contributed by atoms with Gasteiger partial charge >= 0.3 is 5.97 Å². The standard InChI is InChI=1S/C18H23NO5S/c1-18(2,3)14-8-6-13(7-9-14)17(20)23-12-15-10-11-16(24-15)25(21,22)19(4)5/h6-11H,12H2,1-5H3. The molecule has 0 radical (unpaired) electrons. The quantitative estimate of drug-likeness (QED) is 0.761. The van der Waals surface area contributed by atoms with Crippen LogP contribution in [0.25, 0.3) is 0 Å². The third kappa shape index (κ3) is 4.49. The van der Waals surface area contributed by atoms with Gasteiger partial charge in [-0.1, -0.05) is 32.9 Å². The van der Waals surface area contributed by atoms with E-state index in [1.807, 2.05) is 12.1 Å². The molecule has 2 aromatic rings. The van der Waals surface area contributed by atoms with Gasteiger partial charge in [0.15, 0.2) is 0 Å². The summed E-state index contributed by atoms with van der Waals surface area (Å²) in [5, 5.41) is -0.182. The summed E-state index contributed by atoms with van der Waals surface area (Å²) in [6.45, 7) is 6.15. The van der Waals surface area contributed by atoms with Crippen LogP contribution in [0.3, 0.4) is 0 Å². The van der Waals surface area contributed by atoms with Gasteiger partial charge in [0.25, 0.3) is 10.0 Å². The zero-order chi connectivity index (χ0) is 18.8. The van der Waals surface area contributed by atoms with Gasteiger partial charge in [-0.25, -0.2) is 17.5 Å². The van der Waals surface area contributed by atoms with E-state index < -0.39 is 16.0 Å². The summed E-state index contributed by atoms with van der Waals surface area (Å²) in [6.07, 6.45) is 0. The number of benzene rings is 1. The summed E-state index contributed by atoms with van der Waals surface area (Å²) in [5.41, 5.74) is 1.56. The molecular weight excluding hydrogens is 342 g/mol. The van der Waals surface area contributed by atoms with Crippen molar-refractivity contribution in [2.24, 2.45) is 0 Å². The zero-order valence-electron chi connectivity index (χ0n) is 15.1. The molecule has 6 nitrogen and oxygen atoms in total. The molecule has 0 aliphatic carbocycles. The van der Waals surface area contributed by atoms with Crippen molar-refractivity contribution < 1.29 is 22.4 Å². The van der Waals surface area contributed by atoms with Crippen LogP contribution < -0.4 is 0 Å². The number of esters is 1. The third-order valence-electron chi connectivity index (χ3n) is 3.70. The van der Waals surface area contributed by atoms with Crippen LogP contribution >= 0.6 is 0 Å². The highest BCUT2D eigenvalue weighted by molar-refractivity contribution is 7.88. The minimum absolute atomic E-state index is 0.00490. The summed E-state index contributed by atoms with van der Waals surface area (Å²) in [5.74, 6) is -0.228. The molecular formula is C18H23NO5S. The lowest BCUT2D eigenvalue weighted by Gasteiger charge is -2.18. The van der Waals surface area contributed by atoms with E-state index in [9.17, 15) is 13.2 Å². The SMILES string of the molecule is CN(C)S(=O)(=O)c1ccc(COC(=O)c2ccc(C(C)(C)C)cc2)o1. The van der Waals surface area contributed by atoms with Crippen LogP contribution in [-0.2, 0) is 26.8 Å². The lowest BCUT2D eigenvalue weighted by molar-refractivity contribution is 0.0440. The van der Waals surface area contributed by atoms with Crippen molar-refractivity contribution in [3.8, 4) is 0 Å². The first-order valence-electron chi connectivity index (χ1n) is 7.81. The first-order chi connectivity index (χ1) is 11.5. The molecule has 0 fully saturated rings. The van der Waals surface area contributed by atoms with Crippen LogP contribution in [0.15, 0.2) is 45.9 Å². The number of carbonyl (C=O) groups is 1. The first kappa shape index (κ1) is 19.2. The third-order valence-corrected chi connectivity index (χ3v) is 5.39. The molecule has 0 aliphatic rings. The minimum atomic E-state index is -3.64. The van der Waals surface area contributed by atoms with Crippen molar-refractivity contribution in [3.05, 3.63) is 53.3 Å². The van der Waals surface area contributed by atoms with Crippen molar-refractivity contribution >= 4 is 16.0 Å². The maximum Gasteiger partial charge on any atom is 0.338 e. The number of furan rings is 1. The molecule has 0 aliphatic heterocycles. The van der Waals surface area contributed by atoms with E-state index in [0.717, 1.165) is 9.87 Å². The molecule has 0 atom stereocenters. The molecule has 136 valence electrons. The highest BCUT2D eigenvalue weighted by atomic mass is 32.2. The number of nitrogens with zero attached hydrogens (tertiary/aromatic N) is 1. The molecule has 0 unspecified atom stereocenters. The fourth-order valence-corrected chi connectivity index (χ4v) is 2.89. The Morgan fingerprint density at radius 2 is 1.68 bits per heavy atom. The van der Waals surface area contributed by atoms with E-state index in [1.54, 1.807) is 12.1 Å². The maximum atomic E-state index is 12.1. The Hall–Kier alpha value is -2.12. The largest absolute Gasteiger partial charge is 0.454 e. The van der Waals surface area contributed by atoms with Crippen LogP contribution in [-0.4, -0.2) is 32.8 Å². The molecule has 0 saturated carbocycles. The Bertz CT molecular complexity index is 842. The average molecular weight is 365 g/mol. The Labute approximate surface area is 148 Å². The Morgan fingerprint density at radius 3 is 2.20 bits per heavy atom. The van der Waals surface area contributed by atoms with E-state index >= 15 is 0 Å². The molecule has 0 amide bonds. The van der Waals surface area contributed by atoms with Gasteiger partial charge in [-0.3, -0.25) is 0 Å². The lowest BCUT2D eigenvalue weighted by Crippen LogP contribution is -2.21. The lowest BCUT2D eigenvalue weighted by atomic mass is 9.87. The van der Waals surface area contributed by atoms with Gasteiger partial charge in [0.05, 0.1) is 5.56 Å². The van der Waals surface area contributed by atoms with Gasteiger partial charge < -0.3 is 9.15 Å². The van der Waals surface area contributed by atoms with E-state index in [1.165, 1.54) is 26.2 Å². The molecule has 0 N–H and O–H groups in total. The fourth-order valence-electron chi connectivity index (χ4n) is 2.08. The van der Waals surface area contributed by atoms with Crippen molar-refractivity contribution in [2.45, 2.75) is 37.9 Å². The first-order valence-corrected chi connectivity index (χ1v) is 9.25.